The van der Waals surface area contributed by atoms with Crippen LogP contribution in [-0.2, 0) is 10.0 Å². The van der Waals surface area contributed by atoms with Gasteiger partial charge in [0, 0.05) is 29.9 Å². The Morgan fingerprint density at radius 3 is 1.85 bits per heavy atom. The standard InChI is InChI=1S/C19H23N3O4S/c1-13-4-5-16(12-14(13)2)19(24)21-11-10-20-18(23)15-6-8-17(9-7-15)22-27(3,25)26/h4-9,12,22H,10-11H2,1-3H3,(H,20,23)(H,21,24). The summed E-state index contributed by atoms with van der Waals surface area (Å²) in [6.07, 6.45) is 1.06. The number of hydrogen-bond donors (Lipinski definition) is 3. The molecule has 0 aromatic heterocycles. The predicted molar refractivity (Wildman–Crippen MR) is 105 cm³/mol. The lowest BCUT2D eigenvalue weighted by Gasteiger charge is -2.09. The van der Waals surface area contributed by atoms with E-state index in [1.165, 1.54) is 24.3 Å². The van der Waals surface area contributed by atoms with Gasteiger partial charge < -0.3 is 10.6 Å². The quantitative estimate of drug-likeness (QED) is 0.629. The topological polar surface area (TPSA) is 104 Å². The Bertz CT molecular complexity index is 938. The highest BCUT2D eigenvalue weighted by atomic mass is 32.2. The maximum absolute atomic E-state index is 12.1. The summed E-state index contributed by atoms with van der Waals surface area (Å²) in [5.74, 6) is -0.495. The number of rotatable bonds is 7. The van der Waals surface area contributed by atoms with E-state index < -0.39 is 10.0 Å². The van der Waals surface area contributed by atoms with Crippen LogP contribution in [0.1, 0.15) is 31.8 Å². The third kappa shape index (κ3) is 6.41. The maximum atomic E-state index is 12.1. The summed E-state index contributed by atoms with van der Waals surface area (Å²) in [5, 5.41) is 5.46. The minimum Gasteiger partial charge on any atom is -0.350 e. The summed E-state index contributed by atoms with van der Waals surface area (Å²) >= 11 is 0. The first kappa shape index (κ1) is 20.4. The summed E-state index contributed by atoms with van der Waals surface area (Å²) < 4.78 is 24.7. The van der Waals surface area contributed by atoms with E-state index in [0.717, 1.165) is 17.4 Å². The van der Waals surface area contributed by atoms with E-state index in [0.29, 0.717) is 23.4 Å². The van der Waals surface area contributed by atoms with Gasteiger partial charge in [-0.1, -0.05) is 6.07 Å². The molecule has 2 aromatic rings. The van der Waals surface area contributed by atoms with Gasteiger partial charge in [-0.05, 0) is 61.4 Å². The van der Waals surface area contributed by atoms with Crippen molar-refractivity contribution in [3.63, 3.8) is 0 Å². The average Bonchev–Trinajstić information content (AvgIpc) is 2.60. The van der Waals surface area contributed by atoms with Gasteiger partial charge in [0.15, 0.2) is 0 Å². The largest absolute Gasteiger partial charge is 0.350 e. The van der Waals surface area contributed by atoms with E-state index in [4.69, 9.17) is 0 Å². The van der Waals surface area contributed by atoms with Gasteiger partial charge in [0.2, 0.25) is 10.0 Å². The van der Waals surface area contributed by atoms with E-state index in [9.17, 15) is 18.0 Å². The van der Waals surface area contributed by atoms with E-state index in [2.05, 4.69) is 15.4 Å². The predicted octanol–water partition coefficient (Wildman–Crippen LogP) is 1.83. The summed E-state index contributed by atoms with van der Waals surface area (Å²) in [7, 11) is -3.35. The molecule has 144 valence electrons. The van der Waals surface area contributed by atoms with Crippen LogP contribution in [0.2, 0.25) is 0 Å². The van der Waals surface area contributed by atoms with Crippen LogP contribution in [0.15, 0.2) is 42.5 Å². The Morgan fingerprint density at radius 2 is 1.33 bits per heavy atom. The lowest BCUT2D eigenvalue weighted by Crippen LogP contribution is -2.34. The molecule has 0 fully saturated rings. The molecule has 0 saturated carbocycles. The number of amides is 2. The smallest absolute Gasteiger partial charge is 0.251 e. The van der Waals surface area contributed by atoms with Crippen LogP contribution in [0.4, 0.5) is 5.69 Å². The van der Waals surface area contributed by atoms with Crippen LogP contribution < -0.4 is 15.4 Å². The third-order valence-electron chi connectivity index (χ3n) is 3.92. The van der Waals surface area contributed by atoms with Gasteiger partial charge in [0.1, 0.15) is 0 Å². The van der Waals surface area contributed by atoms with Crippen molar-refractivity contribution in [1.29, 1.82) is 0 Å². The number of anilines is 1. The second-order valence-electron chi connectivity index (χ2n) is 6.26. The highest BCUT2D eigenvalue weighted by Crippen LogP contribution is 2.11. The van der Waals surface area contributed by atoms with Gasteiger partial charge in [-0.15, -0.1) is 0 Å². The molecule has 0 bridgehead atoms. The van der Waals surface area contributed by atoms with E-state index in [-0.39, 0.29) is 18.4 Å². The molecular weight excluding hydrogens is 366 g/mol. The Labute approximate surface area is 159 Å². The minimum absolute atomic E-state index is 0.191. The molecule has 0 saturated heterocycles. The first-order valence-electron chi connectivity index (χ1n) is 8.37. The SMILES string of the molecule is Cc1ccc(C(=O)NCCNC(=O)c2ccc(NS(C)(=O)=O)cc2)cc1C. The van der Waals surface area contributed by atoms with Crippen LogP contribution >= 0.6 is 0 Å². The first-order valence-corrected chi connectivity index (χ1v) is 10.3. The summed E-state index contributed by atoms with van der Waals surface area (Å²) in [4.78, 5) is 24.2. The summed E-state index contributed by atoms with van der Waals surface area (Å²) in [6.45, 7) is 4.50. The molecular formula is C19H23N3O4S. The number of sulfonamides is 1. The van der Waals surface area contributed by atoms with Gasteiger partial charge >= 0.3 is 0 Å². The molecule has 8 heteroatoms. The Hall–Kier alpha value is -2.87. The normalized spacial score (nSPS) is 10.9. The second kappa shape index (κ2) is 8.68. The molecule has 7 nitrogen and oxygen atoms in total. The Balaban J connectivity index is 1.80. The number of nitrogens with one attached hydrogen (secondary N) is 3. The van der Waals surface area contributed by atoms with Crippen molar-refractivity contribution in [2.45, 2.75) is 13.8 Å². The van der Waals surface area contributed by atoms with E-state index >= 15 is 0 Å². The fourth-order valence-electron chi connectivity index (χ4n) is 2.34. The molecule has 0 unspecified atom stereocenters. The Kier molecular flexibility index (Phi) is 6.57. The molecule has 3 N–H and O–H groups in total. The summed E-state index contributed by atoms with van der Waals surface area (Å²) in [6, 6.07) is 11.6. The number of carbonyl (C=O) groups excluding carboxylic acids is 2. The van der Waals surface area contributed by atoms with Crippen molar-refractivity contribution in [2.75, 3.05) is 24.1 Å². The van der Waals surface area contributed by atoms with Gasteiger partial charge in [0.25, 0.3) is 11.8 Å². The fourth-order valence-corrected chi connectivity index (χ4v) is 2.91. The molecule has 0 spiro atoms. The van der Waals surface area contributed by atoms with Crippen LogP contribution in [0.5, 0.6) is 0 Å². The van der Waals surface area contributed by atoms with Crippen molar-refractivity contribution < 1.29 is 18.0 Å². The van der Waals surface area contributed by atoms with Crippen molar-refractivity contribution >= 4 is 27.5 Å². The molecule has 0 radical (unpaired) electrons. The van der Waals surface area contributed by atoms with Gasteiger partial charge in [0.05, 0.1) is 6.26 Å². The molecule has 27 heavy (non-hydrogen) atoms. The zero-order chi connectivity index (χ0) is 20.0. The third-order valence-corrected chi connectivity index (χ3v) is 4.52. The lowest BCUT2D eigenvalue weighted by atomic mass is 10.1. The van der Waals surface area contributed by atoms with E-state index in [1.54, 1.807) is 6.07 Å². The maximum Gasteiger partial charge on any atom is 0.251 e. The molecule has 0 aliphatic heterocycles. The van der Waals surface area contributed by atoms with Crippen LogP contribution in [0.3, 0.4) is 0 Å². The molecule has 0 atom stereocenters. The molecule has 0 aliphatic carbocycles. The van der Waals surface area contributed by atoms with Gasteiger partial charge in [-0.25, -0.2) is 8.42 Å². The minimum atomic E-state index is -3.35. The Morgan fingerprint density at radius 1 is 0.815 bits per heavy atom. The van der Waals surface area contributed by atoms with Crippen LogP contribution in [0, 0.1) is 13.8 Å². The number of aryl methyl sites for hydroxylation is 2. The average molecular weight is 389 g/mol. The number of hydrogen-bond acceptors (Lipinski definition) is 4. The number of benzene rings is 2. The van der Waals surface area contributed by atoms with Crippen molar-refractivity contribution in [2.24, 2.45) is 0 Å². The van der Waals surface area contributed by atoms with Crippen LogP contribution in [0.25, 0.3) is 0 Å². The zero-order valence-corrected chi connectivity index (χ0v) is 16.3. The molecule has 2 amide bonds. The highest BCUT2D eigenvalue weighted by Gasteiger charge is 2.08. The monoisotopic (exact) mass is 389 g/mol. The number of carbonyl (C=O) groups is 2. The fraction of sp³-hybridized carbons (Fsp3) is 0.263. The van der Waals surface area contributed by atoms with E-state index in [1.807, 2.05) is 26.0 Å². The highest BCUT2D eigenvalue weighted by molar-refractivity contribution is 7.92. The van der Waals surface area contributed by atoms with Gasteiger partial charge in [-0.2, -0.15) is 0 Å². The van der Waals surface area contributed by atoms with Gasteiger partial charge in [-0.3, -0.25) is 14.3 Å². The second-order valence-corrected chi connectivity index (χ2v) is 8.01. The van der Waals surface area contributed by atoms with Crippen molar-refractivity contribution in [3.05, 3.63) is 64.7 Å². The molecule has 2 rings (SSSR count). The van der Waals surface area contributed by atoms with Crippen molar-refractivity contribution in [1.82, 2.24) is 10.6 Å². The van der Waals surface area contributed by atoms with Crippen molar-refractivity contribution in [3.8, 4) is 0 Å². The molecule has 2 aromatic carbocycles. The molecule has 0 aliphatic rings. The first-order chi connectivity index (χ1) is 12.7. The lowest BCUT2D eigenvalue weighted by molar-refractivity contribution is 0.0927. The summed E-state index contributed by atoms with van der Waals surface area (Å²) in [5.41, 5.74) is 3.53. The van der Waals surface area contributed by atoms with Crippen LogP contribution in [-0.4, -0.2) is 39.6 Å². The molecule has 0 heterocycles. The zero-order valence-electron chi connectivity index (χ0n) is 15.5.